The van der Waals surface area contributed by atoms with E-state index in [1.807, 2.05) is 6.26 Å². The summed E-state index contributed by atoms with van der Waals surface area (Å²) >= 11 is 1.78. The number of carboxylic acids is 1. The number of carbonyl (C=O) groups is 1. The number of hydrogen-bond donors (Lipinski definition) is 2. The minimum Gasteiger partial charge on any atom is -0.478 e. The molecule has 1 aromatic carbocycles. The second-order valence-corrected chi connectivity index (χ2v) is 4.58. The van der Waals surface area contributed by atoms with Crippen molar-refractivity contribution >= 4 is 23.4 Å². The number of halogens is 1. The number of unbranched alkanes of at least 4 members (excludes halogenated alkanes) is 1. The van der Waals surface area contributed by atoms with Gasteiger partial charge in [0.2, 0.25) is 0 Å². The Labute approximate surface area is 104 Å². The maximum atomic E-state index is 13.3. The number of aromatic carboxylic acids is 1. The van der Waals surface area contributed by atoms with E-state index in [-0.39, 0.29) is 5.56 Å². The van der Waals surface area contributed by atoms with Gasteiger partial charge in [0.05, 0.1) is 5.69 Å². The van der Waals surface area contributed by atoms with E-state index < -0.39 is 11.8 Å². The highest BCUT2D eigenvalue weighted by atomic mass is 32.2. The summed E-state index contributed by atoms with van der Waals surface area (Å²) in [6, 6.07) is 4.25. The van der Waals surface area contributed by atoms with E-state index in [2.05, 4.69) is 5.32 Å². The molecule has 5 heteroatoms. The molecule has 0 fully saturated rings. The van der Waals surface area contributed by atoms with Crippen LogP contribution in [0.3, 0.4) is 0 Å². The summed E-state index contributed by atoms with van der Waals surface area (Å²) in [6.45, 7) is 0.657. The van der Waals surface area contributed by atoms with Crippen LogP contribution in [0.15, 0.2) is 18.2 Å². The van der Waals surface area contributed by atoms with E-state index in [1.54, 1.807) is 17.8 Å². The lowest BCUT2D eigenvalue weighted by Crippen LogP contribution is -2.09. The lowest BCUT2D eigenvalue weighted by Gasteiger charge is -2.09. The lowest BCUT2D eigenvalue weighted by molar-refractivity contribution is 0.0693. The maximum absolute atomic E-state index is 13.3. The number of hydrogen-bond acceptors (Lipinski definition) is 3. The Morgan fingerprint density at radius 3 is 2.88 bits per heavy atom. The molecule has 0 unspecified atom stereocenters. The highest BCUT2D eigenvalue weighted by Gasteiger charge is 2.14. The van der Waals surface area contributed by atoms with Gasteiger partial charge in [0.25, 0.3) is 0 Å². The van der Waals surface area contributed by atoms with Gasteiger partial charge in [0.1, 0.15) is 11.4 Å². The van der Waals surface area contributed by atoms with Crippen LogP contribution in [0.25, 0.3) is 0 Å². The molecule has 1 rings (SSSR count). The predicted molar refractivity (Wildman–Crippen MR) is 69.5 cm³/mol. The second kappa shape index (κ2) is 7.17. The molecule has 2 N–H and O–H groups in total. The fraction of sp³-hybridized carbons (Fsp3) is 0.417. The first-order valence-corrected chi connectivity index (χ1v) is 6.81. The molecule has 17 heavy (non-hydrogen) atoms. The molecule has 0 heterocycles. The van der Waals surface area contributed by atoms with Crippen LogP contribution in [0.2, 0.25) is 0 Å². The van der Waals surface area contributed by atoms with E-state index in [0.717, 1.165) is 24.7 Å². The Bertz CT molecular complexity index is 385. The molecule has 0 amide bonds. The van der Waals surface area contributed by atoms with Crippen LogP contribution < -0.4 is 5.32 Å². The van der Waals surface area contributed by atoms with Gasteiger partial charge in [-0.25, -0.2) is 9.18 Å². The molecule has 0 bridgehead atoms. The Morgan fingerprint density at radius 2 is 2.24 bits per heavy atom. The molecule has 0 aliphatic heterocycles. The van der Waals surface area contributed by atoms with Gasteiger partial charge < -0.3 is 10.4 Å². The summed E-state index contributed by atoms with van der Waals surface area (Å²) in [6.07, 6.45) is 4.05. The van der Waals surface area contributed by atoms with Crippen LogP contribution in [0.4, 0.5) is 10.1 Å². The minimum atomic E-state index is -1.24. The van der Waals surface area contributed by atoms with E-state index in [4.69, 9.17) is 5.11 Å². The first-order valence-electron chi connectivity index (χ1n) is 5.41. The molecular formula is C12H16FNO2S. The average molecular weight is 257 g/mol. The van der Waals surface area contributed by atoms with Crippen molar-refractivity contribution in [3.63, 3.8) is 0 Å². The second-order valence-electron chi connectivity index (χ2n) is 3.59. The Kier molecular flexibility index (Phi) is 5.83. The first-order chi connectivity index (χ1) is 8.16. The lowest BCUT2D eigenvalue weighted by atomic mass is 10.1. The third-order valence-electron chi connectivity index (χ3n) is 2.32. The molecule has 0 saturated carbocycles. The van der Waals surface area contributed by atoms with Crippen molar-refractivity contribution in [3.8, 4) is 0 Å². The molecular weight excluding hydrogens is 241 g/mol. The monoisotopic (exact) mass is 257 g/mol. The zero-order chi connectivity index (χ0) is 12.7. The summed E-state index contributed by atoms with van der Waals surface area (Å²) in [4.78, 5) is 10.9. The maximum Gasteiger partial charge on any atom is 0.340 e. The van der Waals surface area contributed by atoms with Gasteiger partial charge in [0, 0.05) is 6.54 Å². The predicted octanol–water partition coefficient (Wildman–Crippen LogP) is 3.08. The molecule has 0 aliphatic rings. The molecule has 0 atom stereocenters. The van der Waals surface area contributed by atoms with Crippen molar-refractivity contribution in [2.75, 3.05) is 23.9 Å². The van der Waals surface area contributed by atoms with Crippen molar-refractivity contribution < 1.29 is 14.3 Å². The molecule has 0 spiro atoms. The zero-order valence-corrected chi connectivity index (χ0v) is 10.5. The van der Waals surface area contributed by atoms with Gasteiger partial charge in [-0.15, -0.1) is 0 Å². The molecule has 0 radical (unpaired) electrons. The number of rotatable bonds is 7. The Balaban J connectivity index is 2.58. The number of carboxylic acid groups (broad SMARTS) is 1. The van der Waals surface area contributed by atoms with E-state index in [1.165, 1.54) is 6.07 Å². The van der Waals surface area contributed by atoms with E-state index in [0.29, 0.717) is 12.2 Å². The van der Waals surface area contributed by atoms with Crippen LogP contribution in [-0.2, 0) is 0 Å². The van der Waals surface area contributed by atoms with Crippen molar-refractivity contribution in [3.05, 3.63) is 29.6 Å². The van der Waals surface area contributed by atoms with Crippen molar-refractivity contribution in [2.45, 2.75) is 12.8 Å². The Morgan fingerprint density at radius 1 is 1.47 bits per heavy atom. The quantitative estimate of drug-likeness (QED) is 0.737. The summed E-state index contributed by atoms with van der Waals surface area (Å²) in [7, 11) is 0. The minimum absolute atomic E-state index is 0.280. The summed E-state index contributed by atoms with van der Waals surface area (Å²) in [5.41, 5.74) is 0.0685. The third kappa shape index (κ3) is 4.26. The highest BCUT2D eigenvalue weighted by molar-refractivity contribution is 7.98. The zero-order valence-electron chi connectivity index (χ0n) is 9.70. The molecule has 3 nitrogen and oxygen atoms in total. The van der Waals surface area contributed by atoms with Crippen molar-refractivity contribution in [2.24, 2.45) is 0 Å². The van der Waals surface area contributed by atoms with Crippen LogP contribution in [0.1, 0.15) is 23.2 Å². The van der Waals surface area contributed by atoms with Gasteiger partial charge >= 0.3 is 5.97 Å². The molecule has 1 aromatic rings. The van der Waals surface area contributed by atoms with Gasteiger partial charge in [-0.2, -0.15) is 11.8 Å². The molecule has 0 saturated heterocycles. The summed E-state index contributed by atoms with van der Waals surface area (Å²) in [5.74, 6) is -0.863. The van der Waals surface area contributed by atoms with Crippen LogP contribution in [0, 0.1) is 5.82 Å². The summed E-state index contributed by atoms with van der Waals surface area (Å²) in [5, 5.41) is 11.9. The standard InChI is InChI=1S/C12H16FNO2S/c1-17-8-3-2-7-14-10-6-4-5-9(13)11(10)12(15)16/h4-6,14H,2-3,7-8H2,1H3,(H,15,16). The van der Waals surface area contributed by atoms with Gasteiger partial charge in [0.15, 0.2) is 0 Å². The molecule has 94 valence electrons. The van der Waals surface area contributed by atoms with Gasteiger partial charge in [-0.05, 0) is 37.0 Å². The largest absolute Gasteiger partial charge is 0.478 e. The fourth-order valence-corrected chi connectivity index (χ4v) is 1.98. The first kappa shape index (κ1) is 13.8. The molecule has 0 aliphatic carbocycles. The average Bonchev–Trinajstić information content (AvgIpc) is 2.28. The van der Waals surface area contributed by atoms with Crippen LogP contribution in [-0.4, -0.2) is 29.6 Å². The van der Waals surface area contributed by atoms with Crippen molar-refractivity contribution in [1.29, 1.82) is 0 Å². The SMILES string of the molecule is CSCCCCNc1cccc(F)c1C(=O)O. The smallest absolute Gasteiger partial charge is 0.340 e. The third-order valence-corrected chi connectivity index (χ3v) is 3.02. The number of nitrogens with one attached hydrogen (secondary N) is 1. The molecule has 0 aromatic heterocycles. The number of benzene rings is 1. The van der Waals surface area contributed by atoms with Crippen LogP contribution >= 0.6 is 11.8 Å². The normalized spacial score (nSPS) is 10.2. The van der Waals surface area contributed by atoms with E-state index in [9.17, 15) is 9.18 Å². The van der Waals surface area contributed by atoms with Crippen LogP contribution in [0.5, 0.6) is 0 Å². The summed E-state index contributed by atoms with van der Waals surface area (Å²) < 4.78 is 13.3. The Hall–Kier alpha value is -1.23. The van der Waals surface area contributed by atoms with Crippen molar-refractivity contribution in [1.82, 2.24) is 0 Å². The van der Waals surface area contributed by atoms with E-state index >= 15 is 0 Å². The van der Waals surface area contributed by atoms with Gasteiger partial charge in [-0.1, -0.05) is 6.07 Å². The number of anilines is 1. The highest BCUT2D eigenvalue weighted by Crippen LogP contribution is 2.19. The topological polar surface area (TPSA) is 49.3 Å². The number of thioether (sulfide) groups is 1. The van der Waals surface area contributed by atoms with Gasteiger partial charge in [-0.3, -0.25) is 0 Å². The fourth-order valence-electron chi connectivity index (χ4n) is 1.48.